The highest BCUT2D eigenvalue weighted by Gasteiger charge is 2.03. The summed E-state index contributed by atoms with van der Waals surface area (Å²) in [5.41, 5.74) is 0. The van der Waals surface area contributed by atoms with Crippen LogP contribution in [0.5, 0.6) is 0 Å². The average Bonchev–Trinajstić information content (AvgIpc) is 2.00. The molecule has 0 amide bonds. The van der Waals surface area contributed by atoms with Crippen molar-refractivity contribution in [2.45, 2.75) is 19.8 Å². The summed E-state index contributed by atoms with van der Waals surface area (Å²) in [6.45, 7) is 1.76. The SMILES string of the molecule is CCC(=O)CC(=O)C=CN(C)C. The Morgan fingerprint density at radius 3 is 2.33 bits per heavy atom. The van der Waals surface area contributed by atoms with Gasteiger partial charge in [-0.25, -0.2) is 0 Å². The van der Waals surface area contributed by atoms with Crippen LogP contribution in [-0.2, 0) is 9.59 Å². The third-order valence-electron chi connectivity index (χ3n) is 1.32. The highest BCUT2D eigenvalue weighted by atomic mass is 16.1. The Kier molecular flexibility index (Phi) is 5.00. The highest BCUT2D eigenvalue weighted by Crippen LogP contribution is 1.92. The van der Waals surface area contributed by atoms with Gasteiger partial charge in [0.25, 0.3) is 0 Å². The molecule has 0 bridgehead atoms. The van der Waals surface area contributed by atoms with Crippen LogP contribution < -0.4 is 0 Å². The number of allylic oxidation sites excluding steroid dienone is 1. The van der Waals surface area contributed by atoms with Crippen LogP contribution >= 0.6 is 0 Å². The maximum Gasteiger partial charge on any atom is 0.164 e. The van der Waals surface area contributed by atoms with Crippen LogP contribution in [-0.4, -0.2) is 30.6 Å². The van der Waals surface area contributed by atoms with E-state index in [1.807, 2.05) is 14.1 Å². The van der Waals surface area contributed by atoms with Gasteiger partial charge in [0.05, 0.1) is 6.42 Å². The molecular formula is C9H15NO2. The predicted octanol–water partition coefficient (Wildman–Crippen LogP) is 1.00. The second kappa shape index (κ2) is 5.52. The molecule has 3 heteroatoms. The largest absolute Gasteiger partial charge is 0.383 e. The van der Waals surface area contributed by atoms with E-state index in [2.05, 4.69) is 0 Å². The number of rotatable bonds is 5. The fourth-order valence-corrected chi connectivity index (χ4v) is 0.610. The number of Topliss-reactive ketones (excluding diaryl/α,β-unsaturated/α-hetero) is 1. The van der Waals surface area contributed by atoms with Gasteiger partial charge in [0.1, 0.15) is 5.78 Å². The maximum absolute atomic E-state index is 11.0. The normalized spacial score (nSPS) is 10.2. The lowest BCUT2D eigenvalue weighted by Crippen LogP contribution is -2.06. The Morgan fingerprint density at radius 2 is 1.92 bits per heavy atom. The van der Waals surface area contributed by atoms with Gasteiger partial charge < -0.3 is 4.90 Å². The molecule has 0 fully saturated rings. The lowest BCUT2D eigenvalue weighted by Gasteiger charge is -2.01. The molecule has 0 aliphatic carbocycles. The fraction of sp³-hybridized carbons (Fsp3) is 0.556. The summed E-state index contributed by atoms with van der Waals surface area (Å²) < 4.78 is 0. The monoisotopic (exact) mass is 169 g/mol. The minimum atomic E-state index is -0.129. The molecule has 0 aromatic heterocycles. The maximum atomic E-state index is 11.0. The van der Waals surface area contributed by atoms with E-state index in [-0.39, 0.29) is 18.0 Å². The Balaban J connectivity index is 3.82. The molecule has 0 spiro atoms. The van der Waals surface area contributed by atoms with Crippen molar-refractivity contribution >= 4 is 11.6 Å². The summed E-state index contributed by atoms with van der Waals surface area (Å²) in [5, 5.41) is 0. The molecule has 0 rings (SSSR count). The lowest BCUT2D eigenvalue weighted by atomic mass is 10.1. The summed E-state index contributed by atoms with van der Waals surface area (Å²) in [6.07, 6.45) is 3.53. The Hall–Kier alpha value is -1.12. The van der Waals surface area contributed by atoms with Crippen LogP contribution in [0.2, 0.25) is 0 Å². The van der Waals surface area contributed by atoms with E-state index < -0.39 is 0 Å². The Labute approximate surface area is 73.1 Å². The summed E-state index contributed by atoms with van der Waals surface area (Å²) in [4.78, 5) is 23.5. The fourth-order valence-electron chi connectivity index (χ4n) is 0.610. The van der Waals surface area contributed by atoms with E-state index in [1.165, 1.54) is 6.08 Å². The van der Waals surface area contributed by atoms with Crippen molar-refractivity contribution in [3.05, 3.63) is 12.3 Å². The van der Waals surface area contributed by atoms with Crippen molar-refractivity contribution in [1.29, 1.82) is 0 Å². The summed E-state index contributed by atoms with van der Waals surface area (Å²) in [6, 6.07) is 0. The van der Waals surface area contributed by atoms with E-state index >= 15 is 0 Å². The van der Waals surface area contributed by atoms with E-state index in [0.29, 0.717) is 6.42 Å². The standard InChI is InChI=1S/C9H15NO2/c1-4-8(11)7-9(12)5-6-10(2)3/h5-6H,4,7H2,1-3H3. The average molecular weight is 169 g/mol. The number of carbonyl (C=O) groups excluding carboxylic acids is 2. The van der Waals surface area contributed by atoms with Gasteiger partial charge >= 0.3 is 0 Å². The minimum Gasteiger partial charge on any atom is -0.383 e. The van der Waals surface area contributed by atoms with Gasteiger partial charge in [0, 0.05) is 26.7 Å². The number of nitrogens with zero attached hydrogens (tertiary/aromatic N) is 1. The van der Waals surface area contributed by atoms with Crippen molar-refractivity contribution < 1.29 is 9.59 Å². The number of ketones is 2. The molecule has 68 valence electrons. The summed E-state index contributed by atoms with van der Waals surface area (Å²) in [7, 11) is 3.65. The highest BCUT2D eigenvalue weighted by molar-refractivity contribution is 6.04. The first-order valence-corrected chi connectivity index (χ1v) is 3.95. The molecule has 0 heterocycles. The van der Waals surface area contributed by atoms with E-state index in [1.54, 1.807) is 18.0 Å². The molecule has 3 nitrogen and oxygen atoms in total. The Morgan fingerprint density at radius 1 is 1.33 bits per heavy atom. The third kappa shape index (κ3) is 5.65. The third-order valence-corrected chi connectivity index (χ3v) is 1.32. The molecule has 0 saturated heterocycles. The molecule has 0 aliphatic rings. The first kappa shape index (κ1) is 10.9. The summed E-state index contributed by atoms with van der Waals surface area (Å²) in [5.74, 6) is -0.140. The molecule has 0 radical (unpaired) electrons. The molecule has 0 saturated carbocycles. The number of hydrogen-bond acceptors (Lipinski definition) is 3. The van der Waals surface area contributed by atoms with Crippen LogP contribution in [0, 0.1) is 0 Å². The van der Waals surface area contributed by atoms with Gasteiger partial charge in [-0.15, -0.1) is 0 Å². The van der Waals surface area contributed by atoms with Crippen LogP contribution in [0.15, 0.2) is 12.3 Å². The summed E-state index contributed by atoms with van der Waals surface area (Å²) >= 11 is 0. The lowest BCUT2D eigenvalue weighted by molar-refractivity contribution is -0.124. The van der Waals surface area contributed by atoms with E-state index in [4.69, 9.17) is 0 Å². The van der Waals surface area contributed by atoms with E-state index in [0.717, 1.165) is 0 Å². The van der Waals surface area contributed by atoms with Gasteiger partial charge in [-0.1, -0.05) is 6.92 Å². The minimum absolute atomic E-state index is 0.0107. The van der Waals surface area contributed by atoms with Crippen molar-refractivity contribution in [2.75, 3.05) is 14.1 Å². The first-order chi connectivity index (χ1) is 5.56. The smallest absolute Gasteiger partial charge is 0.164 e. The molecule has 12 heavy (non-hydrogen) atoms. The van der Waals surface area contributed by atoms with Crippen LogP contribution in [0.3, 0.4) is 0 Å². The van der Waals surface area contributed by atoms with Crippen molar-refractivity contribution in [3.63, 3.8) is 0 Å². The van der Waals surface area contributed by atoms with Crippen molar-refractivity contribution in [2.24, 2.45) is 0 Å². The number of hydrogen-bond donors (Lipinski definition) is 0. The molecule has 0 aromatic carbocycles. The molecule has 0 aromatic rings. The van der Waals surface area contributed by atoms with Gasteiger partial charge in [-0.3, -0.25) is 9.59 Å². The number of carbonyl (C=O) groups is 2. The molecule has 0 unspecified atom stereocenters. The van der Waals surface area contributed by atoms with Gasteiger partial charge in [0.15, 0.2) is 5.78 Å². The van der Waals surface area contributed by atoms with Gasteiger partial charge in [-0.05, 0) is 6.08 Å². The first-order valence-electron chi connectivity index (χ1n) is 3.95. The second-order valence-electron chi connectivity index (χ2n) is 2.81. The molecule has 0 atom stereocenters. The van der Waals surface area contributed by atoms with Crippen LogP contribution in [0.25, 0.3) is 0 Å². The quantitative estimate of drug-likeness (QED) is 0.455. The van der Waals surface area contributed by atoms with E-state index in [9.17, 15) is 9.59 Å². The predicted molar refractivity (Wildman–Crippen MR) is 47.7 cm³/mol. The van der Waals surface area contributed by atoms with Crippen molar-refractivity contribution in [3.8, 4) is 0 Å². The molecule has 0 aliphatic heterocycles. The zero-order valence-corrected chi connectivity index (χ0v) is 7.83. The zero-order chi connectivity index (χ0) is 9.56. The zero-order valence-electron chi connectivity index (χ0n) is 7.83. The topological polar surface area (TPSA) is 37.4 Å². The molecular weight excluding hydrogens is 154 g/mol. The second-order valence-corrected chi connectivity index (χ2v) is 2.81. The van der Waals surface area contributed by atoms with Crippen LogP contribution in [0.4, 0.5) is 0 Å². The van der Waals surface area contributed by atoms with Crippen LogP contribution in [0.1, 0.15) is 19.8 Å². The van der Waals surface area contributed by atoms with Gasteiger partial charge in [0.2, 0.25) is 0 Å². The Bertz CT molecular complexity index is 195. The molecule has 0 N–H and O–H groups in total. The van der Waals surface area contributed by atoms with Crippen molar-refractivity contribution in [1.82, 2.24) is 4.90 Å². The van der Waals surface area contributed by atoms with Gasteiger partial charge in [-0.2, -0.15) is 0 Å².